The highest BCUT2D eigenvalue weighted by Crippen LogP contribution is 2.30. The molecule has 2 aliphatic heterocycles. The second-order valence-electron chi connectivity index (χ2n) is 4.86. The van der Waals surface area contributed by atoms with Crippen molar-refractivity contribution in [3.05, 3.63) is 29.8 Å². The van der Waals surface area contributed by atoms with E-state index in [1.165, 1.54) is 0 Å². The van der Waals surface area contributed by atoms with E-state index in [9.17, 15) is 4.79 Å². The topological polar surface area (TPSA) is 35.9 Å². The van der Waals surface area contributed by atoms with Crippen molar-refractivity contribution in [2.45, 2.75) is 32.9 Å². The van der Waals surface area contributed by atoms with Crippen LogP contribution in [0.3, 0.4) is 0 Å². The minimum absolute atomic E-state index is 0.181. The van der Waals surface area contributed by atoms with Gasteiger partial charge < -0.3 is 4.90 Å². The molecule has 1 unspecified atom stereocenters. The number of fused-ring (bicyclic) bond motifs is 2. The van der Waals surface area contributed by atoms with E-state index >= 15 is 0 Å². The highest BCUT2D eigenvalue weighted by Gasteiger charge is 2.36. The van der Waals surface area contributed by atoms with Crippen LogP contribution in [0.5, 0.6) is 0 Å². The van der Waals surface area contributed by atoms with Crippen molar-refractivity contribution < 1.29 is 4.79 Å². The Morgan fingerprint density at radius 2 is 2.17 bits per heavy atom. The summed E-state index contributed by atoms with van der Waals surface area (Å²) in [7, 11) is 0. The van der Waals surface area contributed by atoms with E-state index < -0.39 is 0 Å². The minimum atomic E-state index is 0.181. The highest BCUT2D eigenvalue weighted by atomic mass is 16.2. The maximum Gasteiger partial charge on any atom is 0.231 e. The van der Waals surface area contributed by atoms with Gasteiger partial charge in [-0.05, 0) is 25.5 Å². The van der Waals surface area contributed by atoms with Crippen LogP contribution in [0, 0.1) is 0 Å². The van der Waals surface area contributed by atoms with Crippen LogP contribution >= 0.6 is 0 Å². The van der Waals surface area contributed by atoms with Crippen LogP contribution in [-0.4, -0.2) is 34.3 Å². The van der Waals surface area contributed by atoms with Crippen LogP contribution in [0.25, 0.3) is 0 Å². The number of benzene rings is 1. The smallest absolute Gasteiger partial charge is 0.231 e. The molecule has 1 fully saturated rings. The molecule has 1 aromatic rings. The monoisotopic (exact) mass is 243 g/mol. The van der Waals surface area contributed by atoms with E-state index in [0.29, 0.717) is 13.0 Å². The van der Waals surface area contributed by atoms with Crippen molar-refractivity contribution in [1.82, 2.24) is 9.80 Å². The summed E-state index contributed by atoms with van der Waals surface area (Å²) in [5.74, 6) is 1.00. The van der Waals surface area contributed by atoms with E-state index in [1.807, 2.05) is 29.2 Å². The summed E-state index contributed by atoms with van der Waals surface area (Å²) in [5.41, 5.74) is 2.12. The first-order valence-electron chi connectivity index (χ1n) is 6.44. The van der Waals surface area contributed by atoms with Crippen molar-refractivity contribution in [2.75, 3.05) is 6.54 Å². The zero-order valence-electron chi connectivity index (χ0n) is 10.8. The summed E-state index contributed by atoms with van der Waals surface area (Å²) < 4.78 is 0. The van der Waals surface area contributed by atoms with Gasteiger partial charge in [-0.3, -0.25) is 9.69 Å². The summed E-state index contributed by atoms with van der Waals surface area (Å²) >= 11 is 0. The van der Waals surface area contributed by atoms with Gasteiger partial charge in [0.05, 0.1) is 12.2 Å². The van der Waals surface area contributed by atoms with E-state index in [4.69, 9.17) is 0 Å². The largest absolute Gasteiger partial charge is 0.339 e. The summed E-state index contributed by atoms with van der Waals surface area (Å²) in [6.45, 7) is 5.72. The Morgan fingerprint density at radius 1 is 1.39 bits per heavy atom. The first-order valence-corrected chi connectivity index (χ1v) is 6.44. The van der Waals surface area contributed by atoms with Gasteiger partial charge in [0.25, 0.3) is 0 Å². The van der Waals surface area contributed by atoms with Crippen molar-refractivity contribution in [3.8, 4) is 0 Å². The Hall–Kier alpha value is -1.84. The molecule has 0 N–H and O–H groups in total. The molecule has 1 aromatic carbocycles. The molecule has 4 nitrogen and oxygen atoms in total. The number of rotatable bonds is 1. The molecule has 1 atom stereocenters. The number of amides is 1. The molecule has 3 rings (SSSR count). The molecular formula is C14H17N3O. The molecule has 2 aliphatic rings. The Kier molecular flexibility index (Phi) is 2.58. The van der Waals surface area contributed by atoms with Crippen LogP contribution in [0.1, 0.15) is 25.8 Å². The van der Waals surface area contributed by atoms with E-state index in [0.717, 1.165) is 23.8 Å². The standard InChI is InChI=1S/C14H17N3O/c1-3-16-10(2)8-13(18)17-9-11-6-4-5-7-12(11)15-14(16)17/h4-7,10H,3,8-9H2,1-2H3. The number of hydrogen-bond acceptors (Lipinski definition) is 3. The molecule has 0 aliphatic carbocycles. The molecule has 1 amide bonds. The number of hydrogen-bond donors (Lipinski definition) is 0. The molecule has 0 radical (unpaired) electrons. The van der Waals surface area contributed by atoms with Crippen molar-refractivity contribution >= 4 is 17.6 Å². The minimum Gasteiger partial charge on any atom is -0.339 e. The Balaban J connectivity index is 2.08. The van der Waals surface area contributed by atoms with Crippen LogP contribution in [-0.2, 0) is 11.3 Å². The zero-order chi connectivity index (χ0) is 12.7. The van der Waals surface area contributed by atoms with Crippen molar-refractivity contribution in [3.63, 3.8) is 0 Å². The van der Waals surface area contributed by atoms with E-state index in [2.05, 4.69) is 23.7 Å². The lowest BCUT2D eigenvalue weighted by Crippen LogP contribution is -2.57. The first kappa shape index (κ1) is 11.3. The van der Waals surface area contributed by atoms with E-state index in [-0.39, 0.29) is 11.9 Å². The predicted octanol–water partition coefficient (Wildman–Crippen LogP) is 2.13. The van der Waals surface area contributed by atoms with Gasteiger partial charge in [0.2, 0.25) is 11.9 Å². The molecule has 0 bridgehead atoms. The van der Waals surface area contributed by atoms with Gasteiger partial charge in [-0.2, -0.15) is 0 Å². The Labute approximate surface area is 107 Å². The molecule has 0 aromatic heterocycles. The predicted molar refractivity (Wildman–Crippen MR) is 70.5 cm³/mol. The SMILES string of the molecule is CCN1C2=Nc3ccccc3CN2C(=O)CC1C. The van der Waals surface area contributed by atoms with Crippen molar-refractivity contribution in [2.24, 2.45) is 4.99 Å². The second-order valence-corrected chi connectivity index (χ2v) is 4.86. The average molecular weight is 243 g/mol. The Bertz CT molecular complexity index is 524. The molecule has 0 saturated carbocycles. The third kappa shape index (κ3) is 1.60. The number of guanidine groups is 1. The van der Waals surface area contributed by atoms with Crippen LogP contribution < -0.4 is 0 Å². The van der Waals surface area contributed by atoms with Crippen molar-refractivity contribution in [1.29, 1.82) is 0 Å². The first-order chi connectivity index (χ1) is 8.70. The Morgan fingerprint density at radius 3 is 2.94 bits per heavy atom. The number of carbonyl (C=O) groups excluding carboxylic acids is 1. The third-order valence-electron chi connectivity index (χ3n) is 3.68. The lowest BCUT2D eigenvalue weighted by atomic mass is 10.1. The molecule has 1 saturated heterocycles. The van der Waals surface area contributed by atoms with Gasteiger partial charge >= 0.3 is 0 Å². The molecular weight excluding hydrogens is 226 g/mol. The second kappa shape index (κ2) is 4.12. The molecule has 2 heterocycles. The number of nitrogens with zero attached hydrogens (tertiary/aromatic N) is 3. The highest BCUT2D eigenvalue weighted by molar-refractivity contribution is 6.01. The quantitative estimate of drug-likeness (QED) is 0.757. The molecule has 4 heteroatoms. The fourth-order valence-corrected chi connectivity index (χ4v) is 2.71. The zero-order valence-corrected chi connectivity index (χ0v) is 10.8. The third-order valence-corrected chi connectivity index (χ3v) is 3.68. The average Bonchev–Trinajstić information content (AvgIpc) is 2.37. The fraction of sp³-hybridized carbons (Fsp3) is 0.429. The van der Waals surface area contributed by atoms with Gasteiger partial charge in [-0.1, -0.05) is 18.2 Å². The molecule has 94 valence electrons. The summed E-state index contributed by atoms with van der Waals surface area (Å²) in [6, 6.07) is 8.27. The molecule has 18 heavy (non-hydrogen) atoms. The fourth-order valence-electron chi connectivity index (χ4n) is 2.71. The van der Waals surface area contributed by atoms with E-state index in [1.54, 1.807) is 0 Å². The van der Waals surface area contributed by atoms with Gasteiger partial charge in [0.15, 0.2) is 0 Å². The maximum atomic E-state index is 12.1. The summed E-state index contributed by atoms with van der Waals surface area (Å²) in [6.07, 6.45) is 0.578. The van der Waals surface area contributed by atoms with Gasteiger partial charge in [-0.15, -0.1) is 0 Å². The number of carbonyl (C=O) groups is 1. The van der Waals surface area contributed by atoms with Gasteiger partial charge in [0.1, 0.15) is 0 Å². The number of aliphatic imine (C=N–C) groups is 1. The summed E-state index contributed by atoms with van der Waals surface area (Å²) in [4.78, 5) is 20.8. The van der Waals surface area contributed by atoms with Gasteiger partial charge in [0, 0.05) is 19.0 Å². The van der Waals surface area contributed by atoms with Crippen LogP contribution in [0.2, 0.25) is 0 Å². The normalized spacial score (nSPS) is 22.4. The van der Waals surface area contributed by atoms with Gasteiger partial charge in [-0.25, -0.2) is 4.99 Å². The molecule has 0 spiro atoms. The lowest BCUT2D eigenvalue weighted by Gasteiger charge is -2.43. The lowest BCUT2D eigenvalue weighted by molar-refractivity contribution is -0.131. The van der Waals surface area contributed by atoms with Crippen LogP contribution in [0.4, 0.5) is 5.69 Å². The maximum absolute atomic E-state index is 12.1. The van der Waals surface area contributed by atoms with Crippen LogP contribution in [0.15, 0.2) is 29.3 Å². The summed E-state index contributed by atoms with van der Waals surface area (Å²) in [5, 5.41) is 0. The number of para-hydroxylation sites is 1.